The summed E-state index contributed by atoms with van der Waals surface area (Å²) in [7, 11) is -1.97. The predicted molar refractivity (Wildman–Crippen MR) is 247 cm³/mol. The lowest BCUT2D eigenvalue weighted by Crippen LogP contribution is -2.59. The van der Waals surface area contributed by atoms with Crippen LogP contribution in [-0.4, -0.2) is 6.71 Å². The Hall–Kier alpha value is -5.25. The van der Waals surface area contributed by atoms with E-state index in [1.165, 1.54) is 80.8 Å². The van der Waals surface area contributed by atoms with E-state index >= 15 is 0 Å². The van der Waals surface area contributed by atoms with Crippen LogP contribution in [0.3, 0.4) is 0 Å². The smallest absolute Gasteiger partial charge is 0.244 e. The molecule has 0 aliphatic carbocycles. The van der Waals surface area contributed by atoms with Gasteiger partial charge < -0.3 is 4.90 Å². The molecule has 2 heterocycles. The van der Waals surface area contributed by atoms with E-state index in [2.05, 4.69) is 224 Å². The first-order valence-corrected chi connectivity index (χ1v) is 22.5. The zero-order chi connectivity index (χ0) is 39.6. The molecule has 0 N–H and O–H groups in total. The second-order valence-corrected chi connectivity index (χ2v) is 20.6. The summed E-state index contributed by atoms with van der Waals surface area (Å²) in [6.45, 7) is 19.1. The van der Waals surface area contributed by atoms with Crippen LogP contribution in [0.15, 0.2) is 183 Å². The second kappa shape index (κ2) is 14.3. The van der Waals surface area contributed by atoms with Crippen molar-refractivity contribution in [1.29, 1.82) is 0 Å². The van der Waals surface area contributed by atoms with Crippen molar-refractivity contribution in [3.63, 3.8) is 0 Å². The summed E-state index contributed by atoms with van der Waals surface area (Å²) in [5.41, 5.74) is 15.0. The normalized spacial score (nSPS) is 15.6. The van der Waals surface area contributed by atoms with E-state index in [1.54, 1.807) is 0 Å². The molecule has 0 aromatic heterocycles. The summed E-state index contributed by atoms with van der Waals surface area (Å²) in [5.74, 6) is 1.20. The van der Waals surface area contributed by atoms with Crippen LogP contribution < -0.4 is 21.3 Å². The van der Waals surface area contributed by atoms with Gasteiger partial charge in [-0.25, -0.2) is 0 Å². The molecule has 1 nitrogen and oxygen atoms in total. The number of anilines is 3. The summed E-state index contributed by atoms with van der Waals surface area (Å²) in [5, 5.41) is 0. The highest BCUT2D eigenvalue weighted by molar-refractivity contribution is 8.34. The van der Waals surface area contributed by atoms with Crippen LogP contribution in [0.2, 0.25) is 0 Å². The van der Waals surface area contributed by atoms with Crippen molar-refractivity contribution < 1.29 is 0 Å². The number of para-hydroxylation sites is 2. The zero-order valence-corrected chi connectivity index (χ0v) is 35.6. The minimum absolute atomic E-state index is 0.0779. The molecule has 0 atom stereocenters. The molecular formula is C54H54BNS. The van der Waals surface area contributed by atoms with Gasteiger partial charge in [-0.3, -0.25) is 0 Å². The molecule has 284 valence electrons. The van der Waals surface area contributed by atoms with Crippen LogP contribution in [0, 0.1) is 0 Å². The molecule has 0 unspecified atom stereocenters. The van der Waals surface area contributed by atoms with Crippen molar-refractivity contribution in [1.82, 2.24) is 0 Å². The Kier molecular flexibility index (Phi) is 9.36. The van der Waals surface area contributed by atoms with Crippen molar-refractivity contribution in [2.75, 3.05) is 4.90 Å². The molecule has 7 aromatic carbocycles. The summed E-state index contributed by atoms with van der Waals surface area (Å²) >= 11 is 0. The fraction of sp³-hybridized carbons (Fsp3) is 0.222. The molecule has 2 aliphatic heterocycles. The van der Waals surface area contributed by atoms with Gasteiger partial charge >= 0.3 is 0 Å². The Labute approximate surface area is 343 Å². The molecule has 57 heavy (non-hydrogen) atoms. The van der Waals surface area contributed by atoms with E-state index in [0.717, 1.165) is 0 Å². The lowest BCUT2D eigenvalue weighted by Gasteiger charge is -2.49. The molecule has 0 saturated heterocycles. The number of rotatable bonds is 7. The Bertz CT molecular complexity index is 2490. The first-order chi connectivity index (χ1) is 27.5. The average Bonchev–Trinajstić information content (AvgIpc) is 3.23. The van der Waals surface area contributed by atoms with Crippen molar-refractivity contribution in [2.24, 2.45) is 0 Å². The van der Waals surface area contributed by atoms with Crippen LogP contribution in [0.25, 0.3) is 0 Å². The third-order valence-corrected chi connectivity index (χ3v) is 16.8. The third-order valence-electron chi connectivity index (χ3n) is 12.8. The van der Waals surface area contributed by atoms with E-state index in [9.17, 15) is 0 Å². The van der Waals surface area contributed by atoms with E-state index in [4.69, 9.17) is 0 Å². The molecule has 7 aromatic rings. The maximum atomic E-state index is 2.60. The van der Waals surface area contributed by atoms with Crippen LogP contribution >= 0.6 is 10.0 Å². The maximum absolute atomic E-state index is 2.60. The van der Waals surface area contributed by atoms with Crippen molar-refractivity contribution in [3.05, 3.63) is 192 Å². The van der Waals surface area contributed by atoms with Gasteiger partial charge in [-0.15, -0.1) is 10.0 Å². The number of nitrogens with zero attached hydrogens (tertiary/aromatic N) is 1. The van der Waals surface area contributed by atoms with Crippen LogP contribution in [0.5, 0.6) is 0 Å². The van der Waals surface area contributed by atoms with Crippen LogP contribution in [0.4, 0.5) is 17.1 Å². The van der Waals surface area contributed by atoms with Gasteiger partial charge in [0.25, 0.3) is 0 Å². The minimum Gasteiger partial charge on any atom is -0.310 e. The lowest BCUT2D eigenvalue weighted by atomic mass is 9.34. The highest BCUT2D eigenvalue weighted by atomic mass is 32.3. The number of hydrogen-bond acceptors (Lipinski definition) is 1. The lowest BCUT2D eigenvalue weighted by molar-refractivity contribution is 0.632. The Morgan fingerprint density at radius 1 is 0.474 bits per heavy atom. The van der Waals surface area contributed by atoms with Gasteiger partial charge in [0.05, 0.1) is 11.4 Å². The van der Waals surface area contributed by atoms with Crippen molar-refractivity contribution in [3.8, 4) is 0 Å². The van der Waals surface area contributed by atoms with Gasteiger partial charge in [-0.1, -0.05) is 181 Å². The summed E-state index contributed by atoms with van der Waals surface area (Å²) < 4.78 is 0. The summed E-state index contributed by atoms with van der Waals surface area (Å²) in [4.78, 5) is 8.14. The summed E-state index contributed by atoms with van der Waals surface area (Å²) in [6.07, 6.45) is 0. The van der Waals surface area contributed by atoms with Gasteiger partial charge in [0.1, 0.15) is 0 Å². The highest BCUT2D eigenvalue weighted by Gasteiger charge is 2.47. The van der Waals surface area contributed by atoms with E-state index in [1.807, 2.05) is 0 Å². The first-order valence-electron chi connectivity index (χ1n) is 20.9. The quantitative estimate of drug-likeness (QED) is 0.146. The Morgan fingerprint density at radius 2 is 0.947 bits per heavy atom. The van der Waals surface area contributed by atoms with Crippen molar-refractivity contribution >= 4 is 50.2 Å². The highest BCUT2D eigenvalue weighted by Crippen LogP contribution is 2.74. The second-order valence-electron chi connectivity index (χ2n) is 17.5. The molecule has 0 amide bonds. The molecule has 0 saturated carbocycles. The Morgan fingerprint density at radius 3 is 1.47 bits per heavy atom. The Balaban J connectivity index is 1.44. The molecule has 3 heteroatoms. The number of benzene rings is 7. The molecule has 9 rings (SSSR count). The standard InChI is InChI=1S/C54H54BNS/c1-36(2)39-33-43(37(3)4)53(44(34-39)38(5)6)55-47-27-17-20-30-51(47)57(41-21-11-9-12-22-41,42-23-13-10-14-24-42)52-35-40(31-32-48(52)55)56-49-28-18-15-25-45(49)54(7,8)46-26-16-19-29-50(46)56/h9-38H,1-8H3. The van der Waals surface area contributed by atoms with Crippen LogP contribution in [0.1, 0.15) is 101 Å². The SMILES string of the molecule is CC(C)c1cc(C(C)C)c(B2c3ccccc3S(c3ccccc3)(c3ccccc3)c3cc(N4c5ccccc5C(C)(C)c5ccccc54)ccc32)c(C(C)C)c1. The maximum Gasteiger partial charge on any atom is 0.244 e. The largest absolute Gasteiger partial charge is 0.310 e. The molecule has 0 radical (unpaired) electrons. The van der Waals surface area contributed by atoms with E-state index in [0.29, 0.717) is 17.8 Å². The molecule has 0 spiro atoms. The number of hydrogen-bond donors (Lipinski definition) is 0. The average molecular weight is 760 g/mol. The van der Waals surface area contributed by atoms with E-state index in [-0.39, 0.29) is 12.1 Å². The van der Waals surface area contributed by atoms with E-state index < -0.39 is 10.0 Å². The minimum atomic E-state index is -1.97. The molecule has 2 aliphatic rings. The molecule has 0 fully saturated rings. The molecule has 0 bridgehead atoms. The van der Waals surface area contributed by atoms with Crippen LogP contribution in [-0.2, 0) is 5.41 Å². The van der Waals surface area contributed by atoms with Crippen molar-refractivity contribution in [2.45, 2.75) is 98.1 Å². The third kappa shape index (κ3) is 5.76. The fourth-order valence-corrected chi connectivity index (χ4v) is 14.3. The van der Waals surface area contributed by atoms with Gasteiger partial charge in [-0.2, -0.15) is 0 Å². The van der Waals surface area contributed by atoms with Gasteiger partial charge in [0.2, 0.25) is 6.71 Å². The monoisotopic (exact) mass is 759 g/mol. The summed E-state index contributed by atoms with van der Waals surface area (Å²) in [6, 6.07) is 63.1. The van der Waals surface area contributed by atoms with Gasteiger partial charge in [-0.05, 0) is 110 Å². The number of fused-ring (bicyclic) bond motifs is 4. The zero-order valence-electron chi connectivity index (χ0n) is 34.8. The first kappa shape index (κ1) is 37.3. The topological polar surface area (TPSA) is 3.24 Å². The van der Waals surface area contributed by atoms with Gasteiger partial charge in [0.15, 0.2) is 0 Å². The predicted octanol–water partition coefficient (Wildman–Crippen LogP) is 13.3. The van der Waals surface area contributed by atoms with Gasteiger partial charge in [0, 0.05) is 20.9 Å². The molecular weight excluding hydrogens is 705 g/mol. The fourth-order valence-electron chi connectivity index (χ4n) is 9.95.